The van der Waals surface area contributed by atoms with E-state index in [1.807, 2.05) is 13.8 Å². The normalized spacial score (nSPS) is 12.6. The largest absolute Gasteiger partial charge is 0.325 e. The summed E-state index contributed by atoms with van der Waals surface area (Å²) in [4.78, 5) is 15.3. The lowest BCUT2D eigenvalue weighted by molar-refractivity contribution is -0.116. The van der Waals surface area contributed by atoms with Gasteiger partial charge in [0.05, 0.1) is 4.83 Å². The van der Waals surface area contributed by atoms with Crippen molar-refractivity contribution in [2.75, 3.05) is 5.32 Å². The van der Waals surface area contributed by atoms with Gasteiger partial charge in [0.15, 0.2) is 0 Å². The first-order valence-corrected chi connectivity index (χ1v) is 5.86. The fraction of sp³-hybridized carbons (Fsp3) is 0.400. The Morgan fingerprint density at radius 3 is 2.80 bits per heavy atom. The van der Waals surface area contributed by atoms with Gasteiger partial charge >= 0.3 is 0 Å². The van der Waals surface area contributed by atoms with E-state index in [9.17, 15) is 4.79 Å². The molecule has 0 aliphatic carbocycles. The Balaban J connectivity index is 2.66. The number of aromatic nitrogens is 1. The van der Waals surface area contributed by atoms with Crippen molar-refractivity contribution >= 4 is 39.1 Å². The molecule has 1 amide bonds. The van der Waals surface area contributed by atoms with Crippen LogP contribution in [0.1, 0.15) is 13.8 Å². The van der Waals surface area contributed by atoms with Crippen LogP contribution in [0, 0.1) is 5.92 Å². The SMILES string of the molecule is CC(C)C(Br)C(=O)Nc1ccnc(Cl)c1. The van der Waals surface area contributed by atoms with E-state index in [0.29, 0.717) is 10.8 Å². The van der Waals surface area contributed by atoms with Crippen molar-refractivity contribution in [1.29, 1.82) is 0 Å². The molecule has 0 aliphatic rings. The van der Waals surface area contributed by atoms with E-state index in [2.05, 4.69) is 26.2 Å². The highest BCUT2D eigenvalue weighted by Gasteiger charge is 2.18. The van der Waals surface area contributed by atoms with E-state index in [1.165, 1.54) is 0 Å². The van der Waals surface area contributed by atoms with Crippen LogP contribution in [0.2, 0.25) is 5.15 Å². The highest BCUT2D eigenvalue weighted by atomic mass is 79.9. The van der Waals surface area contributed by atoms with Crippen molar-refractivity contribution in [2.24, 2.45) is 5.92 Å². The lowest BCUT2D eigenvalue weighted by atomic mass is 10.1. The van der Waals surface area contributed by atoms with Crippen molar-refractivity contribution in [1.82, 2.24) is 4.98 Å². The summed E-state index contributed by atoms with van der Waals surface area (Å²) in [5.74, 6) is 0.162. The van der Waals surface area contributed by atoms with E-state index >= 15 is 0 Å². The molecular formula is C10H12BrClN2O. The number of nitrogens with zero attached hydrogens (tertiary/aromatic N) is 1. The Morgan fingerprint density at radius 1 is 1.60 bits per heavy atom. The molecule has 0 saturated heterocycles. The molecule has 1 heterocycles. The number of anilines is 1. The predicted molar refractivity (Wildman–Crippen MR) is 65.4 cm³/mol. The zero-order valence-corrected chi connectivity index (χ0v) is 10.8. The molecule has 1 unspecified atom stereocenters. The topological polar surface area (TPSA) is 42.0 Å². The molecule has 0 bridgehead atoms. The maximum atomic E-state index is 11.6. The number of hydrogen-bond acceptors (Lipinski definition) is 2. The minimum Gasteiger partial charge on any atom is -0.325 e. The number of halogens is 2. The van der Waals surface area contributed by atoms with Crippen LogP contribution in [-0.4, -0.2) is 15.7 Å². The fourth-order valence-electron chi connectivity index (χ4n) is 0.994. The molecule has 82 valence electrons. The average molecular weight is 292 g/mol. The van der Waals surface area contributed by atoms with Crippen molar-refractivity contribution in [3.05, 3.63) is 23.5 Å². The van der Waals surface area contributed by atoms with Crippen LogP contribution in [0.25, 0.3) is 0 Å². The molecule has 1 rings (SSSR count). The van der Waals surface area contributed by atoms with Crippen LogP contribution in [-0.2, 0) is 4.79 Å². The standard InChI is InChI=1S/C10H12BrClN2O/c1-6(2)9(11)10(15)14-7-3-4-13-8(12)5-7/h3-6,9H,1-2H3,(H,13,14,15). The first-order chi connectivity index (χ1) is 7.00. The van der Waals surface area contributed by atoms with E-state index < -0.39 is 0 Å². The monoisotopic (exact) mass is 290 g/mol. The smallest absolute Gasteiger partial charge is 0.238 e. The maximum absolute atomic E-state index is 11.6. The van der Waals surface area contributed by atoms with Gasteiger partial charge in [-0.25, -0.2) is 4.98 Å². The van der Waals surface area contributed by atoms with Crippen LogP contribution in [0.4, 0.5) is 5.69 Å². The third kappa shape index (κ3) is 3.80. The van der Waals surface area contributed by atoms with E-state index in [1.54, 1.807) is 18.3 Å². The summed E-state index contributed by atoms with van der Waals surface area (Å²) in [6.07, 6.45) is 1.55. The van der Waals surface area contributed by atoms with Gasteiger partial charge in [0, 0.05) is 11.9 Å². The lowest BCUT2D eigenvalue weighted by Gasteiger charge is -2.13. The fourth-order valence-corrected chi connectivity index (χ4v) is 1.28. The highest BCUT2D eigenvalue weighted by molar-refractivity contribution is 9.10. The molecule has 0 fully saturated rings. The zero-order chi connectivity index (χ0) is 11.4. The second-order valence-electron chi connectivity index (χ2n) is 3.50. The van der Waals surface area contributed by atoms with E-state index in [-0.39, 0.29) is 16.7 Å². The predicted octanol–water partition coefficient (Wildman–Crippen LogP) is 3.09. The van der Waals surface area contributed by atoms with Crippen LogP contribution in [0.15, 0.2) is 18.3 Å². The molecule has 1 aromatic rings. The molecule has 0 aliphatic heterocycles. The second kappa shape index (κ2) is 5.47. The van der Waals surface area contributed by atoms with Crippen molar-refractivity contribution in [3.8, 4) is 0 Å². The van der Waals surface area contributed by atoms with Crippen molar-refractivity contribution < 1.29 is 4.79 Å². The van der Waals surface area contributed by atoms with Gasteiger partial charge in [-0.2, -0.15) is 0 Å². The first kappa shape index (κ1) is 12.5. The Bertz CT molecular complexity index is 357. The highest BCUT2D eigenvalue weighted by Crippen LogP contribution is 2.16. The van der Waals surface area contributed by atoms with Crippen LogP contribution in [0.3, 0.4) is 0 Å². The summed E-state index contributed by atoms with van der Waals surface area (Å²) >= 11 is 9.02. The molecule has 1 N–H and O–H groups in total. The Kier molecular flexibility index (Phi) is 4.54. The summed E-state index contributed by atoms with van der Waals surface area (Å²) in [6, 6.07) is 3.31. The summed E-state index contributed by atoms with van der Waals surface area (Å²) in [6.45, 7) is 3.94. The number of hydrogen-bond donors (Lipinski definition) is 1. The van der Waals surface area contributed by atoms with Crippen molar-refractivity contribution in [3.63, 3.8) is 0 Å². The van der Waals surface area contributed by atoms with Gasteiger partial charge in [0.25, 0.3) is 0 Å². The Labute approximate surface area is 102 Å². The van der Waals surface area contributed by atoms with Gasteiger partial charge in [-0.3, -0.25) is 4.79 Å². The molecular weight excluding hydrogens is 279 g/mol. The second-order valence-corrected chi connectivity index (χ2v) is 4.88. The van der Waals surface area contributed by atoms with Crippen LogP contribution >= 0.6 is 27.5 Å². The van der Waals surface area contributed by atoms with Crippen LogP contribution in [0.5, 0.6) is 0 Å². The molecule has 15 heavy (non-hydrogen) atoms. The molecule has 0 radical (unpaired) electrons. The van der Waals surface area contributed by atoms with Gasteiger partial charge in [-0.15, -0.1) is 0 Å². The molecule has 3 nitrogen and oxygen atoms in total. The van der Waals surface area contributed by atoms with Crippen molar-refractivity contribution in [2.45, 2.75) is 18.7 Å². The molecule has 1 aromatic heterocycles. The average Bonchev–Trinajstić information content (AvgIpc) is 2.16. The summed E-state index contributed by atoms with van der Waals surface area (Å²) in [5.41, 5.74) is 0.658. The number of alkyl halides is 1. The minimum absolute atomic E-state index is 0.0766. The van der Waals surface area contributed by atoms with E-state index in [4.69, 9.17) is 11.6 Å². The third-order valence-electron chi connectivity index (χ3n) is 1.83. The molecule has 1 atom stereocenters. The number of pyridine rings is 1. The van der Waals surface area contributed by atoms with Gasteiger partial charge in [-0.05, 0) is 18.1 Å². The molecule has 0 spiro atoms. The molecule has 5 heteroatoms. The van der Waals surface area contributed by atoms with Gasteiger partial charge in [0.2, 0.25) is 5.91 Å². The van der Waals surface area contributed by atoms with Gasteiger partial charge < -0.3 is 5.32 Å². The van der Waals surface area contributed by atoms with Gasteiger partial charge in [-0.1, -0.05) is 41.4 Å². The number of nitrogens with one attached hydrogen (secondary N) is 1. The summed E-state index contributed by atoms with van der Waals surface area (Å²) < 4.78 is 0. The summed E-state index contributed by atoms with van der Waals surface area (Å²) in [7, 11) is 0. The molecule has 0 saturated carbocycles. The number of carbonyl (C=O) groups is 1. The Morgan fingerprint density at radius 2 is 2.27 bits per heavy atom. The first-order valence-electron chi connectivity index (χ1n) is 4.57. The summed E-state index contributed by atoms with van der Waals surface area (Å²) in [5, 5.41) is 3.12. The minimum atomic E-state index is -0.204. The number of carbonyl (C=O) groups excluding carboxylic acids is 1. The third-order valence-corrected chi connectivity index (χ3v) is 3.51. The lowest BCUT2D eigenvalue weighted by Crippen LogP contribution is -2.26. The maximum Gasteiger partial charge on any atom is 0.238 e. The molecule has 0 aromatic carbocycles. The number of rotatable bonds is 3. The Hall–Kier alpha value is -0.610. The quantitative estimate of drug-likeness (QED) is 0.687. The van der Waals surface area contributed by atoms with E-state index in [0.717, 1.165) is 0 Å². The number of amides is 1. The van der Waals surface area contributed by atoms with Crippen LogP contribution < -0.4 is 5.32 Å². The zero-order valence-electron chi connectivity index (χ0n) is 8.50. The van der Waals surface area contributed by atoms with Gasteiger partial charge in [0.1, 0.15) is 5.15 Å².